The Bertz CT molecular complexity index is 1030. The standard InChI is InChI=1S/C21H24N6O3S/c1-14-25-26-21(31-14)24-19-5-3-4-17(23-19)18-12-27(10-11-30-18)13-20(28)22-15-6-8-16(29-2)9-7-15/h3-9,18H,10-13H2,1-2H3,(H,22,28)(H,23,24,26)/t18-/m0/s1. The summed E-state index contributed by atoms with van der Waals surface area (Å²) in [4.78, 5) is 19.2. The molecule has 1 amide bonds. The molecule has 2 aromatic heterocycles. The second kappa shape index (κ2) is 9.82. The van der Waals surface area contributed by atoms with Crippen LogP contribution in [0.1, 0.15) is 16.8 Å². The van der Waals surface area contributed by atoms with E-state index >= 15 is 0 Å². The highest BCUT2D eigenvalue weighted by molar-refractivity contribution is 7.15. The van der Waals surface area contributed by atoms with Gasteiger partial charge in [0.2, 0.25) is 11.0 Å². The van der Waals surface area contributed by atoms with Gasteiger partial charge in [-0.05, 0) is 43.3 Å². The molecule has 1 saturated heterocycles. The number of aromatic nitrogens is 3. The quantitative estimate of drug-likeness (QED) is 0.578. The first-order valence-electron chi connectivity index (χ1n) is 9.91. The van der Waals surface area contributed by atoms with Gasteiger partial charge in [-0.1, -0.05) is 17.4 Å². The maximum atomic E-state index is 12.5. The molecule has 31 heavy (non-hydrogen) atoms. The van der Waals surface area contributed by atoms with E-state index in [1.807, 2.05) is 49.4 Å². The van der Waals surface area contributed by atoms with E-state index in [0.717, 1.165) is 22.1 Å². The minimum atomic E-state index is -0.208. The molecule has 3 heterocycles. The normalized spacial score (nSPS) is 16.6. The molecule has 1 aromatic carbocycles. The van der Waals surface area contributed by atoms with Crippen molar-refractivity contribution < 1.29 is 14.3 Å². The SMILES string of the molecule is COc1ccc(NC(=O)CN2CCO[C@H](c3cccc(Nc4nnc(C)s4)n3)C2)cc1. The van der Waals surface area contributed by atoms with Crippen molar-refractivity contribution in [2.45, 2.75) is 13.0 Å². The van der Waals surface area contributed by atoms with Crippen molar-refractivity contribution in [3.8, 4) is 5.75 Å². The predicted molar refractivity (Wildman–Crippen MR) is 119 cm³/mol. The summed E-state index contributed by atoms with van der Waals surface area (Å²) >= 11 is 1.47. The van der Waals surface area contributed by atoms with Gasteiger partial charge in [-0.25, -0.2) is 4.98 Å². The van der Waals surface area contributed by atoms with Crippen molar-refractivity contribution in [2.24, 2.45) is 0 Å². The van der Waals surface area contributed by atoms with Gasteiger partial charge >= 0.3 is 0 Å². The third-order valence-electron chi connectivity index (χ3n) is 4.75. The molecule has 1 fully saturated rings. The molecule has 0 spiro atoms. The van der Waals surface area contributed by atoms with E-state index in [2.05, 4.69) is 30.7 Å². The van der Waals surface area contributed by atoms with Gasteiger partial charge in [-0.15, -0.1) is 10.2 Å². The lowest BCUT2D eigenvalue weighted by Gasteiger charge is -2.32. The maximum Gasteiger partial charge on any atom is 0.238 e. The molecule has 1 aliphatic heterocycles. The Balaban J connectivity index is 1.34. The molecular weight excluding hydrogens is 416 g/mol. The van der Waals surface area contributed by atoms with Gasteiger partial charge in [0.25, 0.3) is 0 Å². The second-order valence-electron chi connectivity index (χ2n) is 7.07. The lowest BCUT2D eigenvalue weighted by Crippen LogP contribution is -2.42. The number of pyridine rings is 1. The van der Waals surface area contributed by atoms with E-state index in [9.17, 15) is 4.79 Å². The highest BCUT2D eigenvalue weighted by Gasteiger charge is 2.24. The Morgan fingerprint density at radius 1 is 1.26 bits per heavy atom. The van der Waals surface area contributed by atoms with Crippen LogP contribution in [0.25, 0.3) is 0 Å². The van der Waals surface area contributed by atoms with E-state index in [1.54, 1.807) is 7.11 Å². The third-order valence-corrected chi connectivity index (χ3v) is 5.51. The van der Waals surface area contributed by atoms with Crippen molar-refractivity contribution in [3.05, 3.63) is 53.2 Å². The zero-order chi connectivity index (χ0) is 21.6. The average Bonchev–Trinajstić information content (AvgIpc) is 3.19. The number of hydrogen-bond acceptors (Lipinski definition) is 9. The summed E-state index contributed by atoms with van der Waals surface area (Å²) in [6.45, 7) is 4.00. The largest absolute Gasteiger partial charge is 0.497 e. The minimum absolute atomic E-state index is 0.0687. The van der Waals surface area contributed by atoms with Crippen molar-refractivity contribution in [2.75, 3.05) is 44.0 Å². The number of benzene rings is 1. The van der Waals surface area contributed by atoms with E-state index in [1.165, 1.54) is 11.3 Å². The lowest BCUT2D eigenvalue weighted by atomic mass is 10.2. The number of carbonyl (C=O) groups excluding carboxylic acids is 1. The zero-order valence-corrected chi connectivity index (χ0v) is 18.2. The smallest absolute Gasteiger partial charge is 0.238 e. The highest BCUT2D eigenvalue weighted by Crippen LogP contribution is 2.24. The van der Waals surface area contributed by atoms with Crippen LogP contribution in [0.4, 0.5) is 16.6 Å². The fraction of sp³-hybridized carbons (Fsp3) is 0.333. The van der Waals surface area contributed by atoms with E-state index in [4.69, 9.17) is 9.47 Å². The van der Waals surface area contributed by atoms with Crippen LogP contribution in [-0.2, 0) is 9.53 Å². The van der Waals surface area contributed by atoms with Crippen LogP contribution in [0.2, 0.25) is 0 Å². The lowest BCUT2D eigenvalue weighted by molar-refractivity contribution is -0.119. The van der Waals surface area contributed by atoms with E-state index < -0.39 is 0 Å². The number of rotatable bonds is 7. The molecule has 162 valence electrons. The van der Waals surface area contributed by atoms with Gasteiger partial charge in [0.15, 0.2) is 0 Å². The van der Waals surface area contributed by atoms with Crippen LogP contribution in [0, 0.1) is 6.92 Å². The summed E-state index contributed by atoms with van der Waals surface area (Å²) in [5, 5.41) is 15.8. The van der Waals surface area contributed by atoms with Crippen LogP contribution in [0.3, 0.4) is 0 Å². The van der Waals surface area contributed by atoms with E-state index in [0.29, 0.717) is 30.6 Å². The number of ether oxygens (including phenoxy) is 2. The highest BCUT2D eigenvalue weighted by atomic mass is 32.1. The first-order valence-corrected chi connectivity index (χ1v) is 10.7. The molecule has 0 saturated carbocycles. The first-order chi connectivity index (χ1) is 15.1. The second-order valence-corrected chi connectivity index (χ2v) is 8.25. The van der Waals surface area contributed by atoms with Crippen LogP contribution in [0.15, 0.2) is 42.5 Å². The number of nitrogens with one attached hydrogen (secondary N) is 2. The van der Waals surface area contributed by atoms with E-state index in [-0.39, 0.29) is 18.6 Å². The third kappa shape index (κ3) is 5.75. The molecule has 1 atom stereocenters. The van der Waals surface area contributed by atoms with Crippen molar-refractivity contribution in [1.82, 2.24) is 20.1 Å². The molecule has 1 aliphatic rings. The minimum Gasteiger partial charge on any atom is -0.497 e. The number of carbonyl (C=O) groups is 1. The summed E-state index contributed by atoms with van der Waals surface area (Å²) in [5.74, 6) is 1.37. The molecule has 10 heteroatoms. The number of anilines is 3. The fourth-order valence-corrected chi connectivity index (χ4v) is 3.86. The average molecular weight is 441 g/mol. The Morgan fingerprint density at radius 3 is 2.84 bits per heavy atom. The molecule has 2 N–H and O–H groups in total. The van der Waals surface area contributed by atoms with Gasteiger partial charge in [-0.2, -0.15) is 0 Å². The Kier molecular flexibility index (Phi) is 6.70. The molecule has 0 bridgehead atoms. The monoisotopic (exact) mass is 440 g/mol. The van der Waals surface area contributed by atoms with Crippen molar-refractivity contribution in [3.63, 3.8) is 0 Å². The number of aryl methyl sites for hydroxylation is 1. The predicted octanol–water partition coefficient (Wildman–Crippen LogP) is 3.01. The number of methoxy groups -OCH3 is 1. The number of amides is 1. The van der Waals surface area contributed by atoms with Crippen molar-refractivity contribution in [1.29, 1.82) is 0 Å². The summed E-state index contributed by atoms with van der Waals surface area (Å²) < 4.78 is 11.1. The summed E-state index contributed by atoms with van der Waals surface area (Å²) in [6.07, 6.45) is -0.208. The molecule has 0 unspecified atom stereocenters. The molecule has 4 rings (SSSR count). The van der Waals surface area contributed by atoms with Crippen molar-refractivity contribution >= 4 is 33.9 Å². The topological polar surface area (TPSA) is 102 Å². The first kappa shape index (κ1) is 21.2. The van der Waals surface area contributed by atoms with Crippen LogP contribution in [-0.4, -0.2) is 59.3 Å². The molecular formula is C21H24N6O3S. The fourth-order valence-electron chi connectivity index (χ4n) is 3.26. The summed E-state index contributed by atoms with van der Waals surface area (Å²) in [5.41, 5.74) is 1.55. The molecule has 3 aromatic rings. The van der Waals surface area contributed by atoms with Gasteiger partial charge in [0.1, 0.15) is 22.7 Å². The Labute approximate surface area is 184 Å². The van der Waals surface area contributed by atoms with Gasteiger partial charge in [0.05, 0.1) is 26.0 Å². The summed E-state index contributed by atoms with van der Waals surface area (Å²) in [7, 11) is 1.61. The number of hydrogen-bond donors (Lipinski definition) is 2. The molecule has 9 nitrogen and oxygen atoms in total. The van der Waals surface area contributed by atoms with Gasteiger partial charge in [0, 0.05) is 18.8 Å². The van der Waals surface area contributed by atoms with Gasteiger partial charge in [-0.3, -0.25) is 9.69 Å². The summed E-state index contributed by atoms with van der Waals surface area (Å²) in [6, 6.07) is 13.0. The van der Waals surface area contributed by atoms with Crippen LogP contribution < -0.4 is 15.4 Å². The zero-order valence-electron chi connectivity index (χ0n) is 17.4. The Hall–Kier alpha value is -3.08. The van der Waals surface area contributed by atoms with Crippen LogP contribution in [0.5, 0.6) is 5.75 Å². The molecule has 0 aliphatic carbocycles. The number of morpholine rings is 1. The number of nitrogens with zero attached hydrogens (tertiary/aromatic N) is 4. The van der Waals surface area contributed by atoms with Crippen LogP contribution >= 0.6 is 11.3 Å². The van der Waals surface area contributed by atoms with Gasteiger partial charge < -0.3 is 20.1 Å². The maximum absolute atomic E-state index is 12.5. The molecule has 0 radical (unpaired) electrons. The Morgan fingerprint density at radius 2 is 2.10 bits per heavy atom.